The summed E-state index contributed by atoms with van der Waals surface area (Å²) in [6.07, 6.45) is 0. The van der Waals surface area contributed by atoms with Crippen LogP contribution in [0.1, 0.15) is 5.56 Å². The van der Waals surface area contributed by atoms with Crippen molar-refractivity contribution in [3.8, 4) is 11.6 Å². The van der Waals surface area contributed by atoms with Crippen molar-refractivity contribution in [2.75, 3.05) is 0 Å². The Bertz CT molecular complexity index is 474. The molecule has 2 aromatic rings. The molecule has 0 saturated carbocycles. The standard InChI is InChI=1S/C12H10FNO2/c13-12-10(15)6-7-11(14-12)16-8-9-4-2-1-3-5-9/h1-7,15H,8H2. The van der Waals surface area contributed by atoms with Crippen LogP contribution < -0.4 is 4.74 Å². The molecule has 0 radical (unpaired) electrons. The first kappa shape index (κ1) is 10.4. The molecular weight excluding hydrogens is 209 g/mol. The summed E-state index contributed by atoms with van der Waals surface area (Å²) in [6.45, 7) is 0.318. The van der Waals surface area contributed by atoms with Crippen LogP contribution in [0.4, 0.5) is 4.39 Å². The summed E-state index contributed by atoms with van der Waals surface area (Å²) in [7, 11) is 0. The maximum Gasteiger partial charge on any atom is 0.258 e. The Labute approximate surface area is 92.1 Å². The van der Waals surface area contributed by atoms with Crippen molar-refractivity contribution >= 4 is 0 Å². The minimum atomic E-state index is -0.925. The van der Waals surface area contributed by atoms with Crippen molar-refractivity contribution in [2.45, 2.75) is 6.61 Å². The van der Waals surface area contributed by atoms with Crippen molar-refractivity contribution in [1.82, 2.24) is 4.98 Å². The number of hydrogen-bond donors (Lipinski definition) is 1. The second kappa shape index (κ2) is 4.61. The van der Waals surface area contributed by atoms with E-state index < -0.39 is 11.7 Å². The van der Waals surface area contributed by atoms with Gasteiger partial charge in [0, 0.05) is 6.07 Å². The van der Waals surface area contributed by atoms with Crippen LogP contribution in [0.15, 0.2) is 42.5 Å². The van der Waals surface area contributed by atoms with Crippen molar-refractivity contribution < 1.29 is 14.2 Å². The molecule has 16 heavy (non-hydrogen) atoms. The van der Waals surface area contributed by atoms with Gasteiger partial charge in [-0.3, -0.25) is 0 Å². The molecule has 4 heteroatoms. The lowest BCUT2D eigenvalue weighted by molar-refractivity contribution is 0.286. The van der Waals surface area contributed by atoms with E-state index in [0.29, 0.717) is 6.61 Å². The smallest absolute Gasteiger partial charge is 0.258 e. The molecule has 1 N–H and O–H groups in total. The van der Waals surface area contributed by atoms with Gasteiger partial charge >= 0.3 is 0 Å². The fourth-order valence-electron chi connectivity index (χ4n) is 1.22. The van der Waals surface area contributed by atoms with Crippen molar-refractivity contribution in [2.24, 2.45) is 0 Å². The molecule has 0 aliphatic carbocycles. The van der Waals surface area contributed by atoms with E-state index in [0.717, 1.165) is 5.56 Å². The van der Waals surface area contributed by atoms with Crippen LogP contribution in [0, 0.1) is 5.95 Å². The van der Waals surface area contributed by atoms with Crippen LogP contribution in [0.2, 0.25) is 0 Å². The SMILES string of the molecule is Oc1ccc(OCc2ccccc2)nc1F. The van der Waals surface area contributed by atoms with Gasteiger partial charge < -0.3 is 9.84 Å². The summed E-state index contributed by atoms with van der Waals surface area (Å²) >= 11 is 0. The van der Waals surface area contributed by atoms with Crippen LogP contribution in [0.3, 0.4) is 0 Å². The second-order valence-corrected chi connectivity index (χ2v) is 3.23. The van der Waals surface area contributed by atoms with Gasteiger partial charge in [-0.25, -0.2) is 0 Å². The van der Waals surface area contributed by atoms with Crippen molar-refractivity contribution in [3.63, 3.8) is 0 Å². The number of aromatic hydroxyl groups is 1. The van der Waals surface area contributed by atoms with Crippen molar-refractivity contribution in [1.29, 1.82) is 0 Å². The topological polar surface area (TPSA) is 42.4 Å². The summed E-state index contributed by atoms with van der Waals surface area (Å²) in [4.78, 5) is 3.45. The number of pyridine rings is 1. The predicted molar refractivity (Wildman–Crippen MR) is 56.6 cm³/mol. The Morgan fingerprint density at radius 2 is 1.88 bits per heavy atom. The molecule has 0 amide bonds. The number of benzene rings is 1. The minimum Gasteiger partial charge on any atom is -0.504 e. The molecule has 3 nitrogen and oxygen atoms in total. The van der Waals surface area contributed by atoms with Gasteiger partial charge in [-0.15, -0.1) is 0 Å². The van der Waals surface area contributed by atoms with E-state index in [1.54, 1.807) is 0 Å². The predicted octanol–water partition coefficient (Wildman–Crippen LogP) is 2.51. The zero-order valence-electron chi connectivity index (χ0n) is 8.43. The zero-order valence-corrected chi connectivity index (χ0v) is 8.43. The summed E-state index contributed by atoms with van der Waals surface area (Å²) < 4.78 is 18.1. The van der Waals surface area contributed by atoms with Gasteiger partial charge in [0.25, 0.3) is 5.95 Å². The van der Waals surface area contributed by atoms with Gasteiger partial charge in [-0.05, 0) is 11.6 Å². The molecule has 0 unspecified atom stereocenters. The molecule has 82 valence electrons. The number of hydrogen-bond acceptors (Lipinski definition) is 3. The molecule has 0 aliphatic rings. The maximum atomic E-state index is 12.9. The lowest BCUT2D eigenvalue weighted by Gasteiger charge is -2.05. The van der Waals surface area contributed by atoms with E-state index in [9.17, 15) is 4.39 Å². The van der Waals surface area contributed by atoms with E-state index in [-0.39, 0.29) is 5.88 Å². The van der Waals surface area contributed by atoms with Gasteiger partial charge in [0.2, 0.25) is 5.88 Å². The molecule has 1 heterocycles. The van der Waals surface area contributed by atoms with Crippen LogP contribution in [0.25, 0.3) is 0 Å². The van der Waals surface area contributed by atoms with Gasteiger partial charge in [0.15, 0.2) is 5.75 Å². The first-order valence-corrected chi connectivity index (χ1v) is 4.78. The lowest BCUT2D eigenvalue weighted by atomic mass is 10.2. The molecular formula is C12H10FNO2. The molecule has 0 atom stereocenters. The van der Waals surface area contributed by atoms with Crippen LogP contribution in [-0.2, 0) is 6.61 Å². The number of nitrogens with zero attached hydrogens (tertiary/aromatic N) is 1. The highest BCUT2D eigenvalue weighted by Crippen LogP contribution is 2.17. The highest BCUT2D eigenvalue weighted by atomic mass is 19.1. The fourth-order valence-corrected chi connectivity index (χ4v) is 1.22. The molecule has 0 spiro atoms. The van der Waals surface area contributed by atoms with E-state index in [1.807, 2.05) is 30.3 Å². The van der Waals surface area contributed by atoms with Gasteiger partial charge in [0.1, 0.15) is 6.61 Å². The normalized spacial score (nSPS) is 10.1. The van der Waals surface area contributed by atoms with Gasteiger partial charge in [-0.1, -0.05) is 30.3 Å². The highest BCUT2D eigenvalue weighted by Gasteiger charge is 2.04. The Kier molecular flexibility index (Phi) is 3.00. The van der Waals surface area contributed by atoms with E-state index in [2.05, 4.69) is 4.98 Å². The largest absolute Gasteiger partial charge is 0.504 e. The summed E-state index contributed by atoms with van der Waals surface area (Å²) in [5, 5.41) is 8.94. The quantitative estimate of drug-likeness (QED) is 0.806. The number of halogens is 1. The Balaban J connectivity index is 2.03. The second-order valence-electron chi connectivity index (χ2n) is 3.23. The fraction of sp³-hybridized carbons (Fsp3) is 0.0833. The van der Waals surface area contributed by atoms with Crippen molar-refractivity contribution in [3.05, 3.63) is 54.0 Å². The summed E-state index contributed by atoms with van der Waals surface area (Å²) in [5.41, 5.74) is 0.970. The number of ether oxygens (including phenoxy) is 1. The average Bonchev–Trinajstić information content (AvgIpc) is 2.32. The van der Waals surface area contributed by atoms with E-state index in [4.69, 9.17) is 9.84 Å². The number of aromatic nitrogens is 1. The Morgan fingerprint density at radius 3 is 2.56 bits per heavy atom. The van der Waals surface area contributed by atoms with Crippen LogP contribution >= 0.6 is 0 Å². The van der Waals surface area contributed by atoms with E-state index in [1.165, 1.54) is 12.1 Å². The Morgan fingerprint density at radius 1 is 1.12 bits per heavy atom. The Hall–Kier alpha value is -2.10. The monoisotopic (exact) mass is 219 g/mol. The summed E-state index contributed by atoms with van der Waals surface area (Å²) in [6, 6.07) is 12.1. The first-order valence-electron chi connectivity index (χ1n) is 4.78. The molecule has 1 aromatic carbocycles. The van der Waals surface area contributed by atoms with Gasteiger partial charge in [-0.2, -0.15) is 9.37 Å². The molecule has 0 saturated heterocycles. The maximum absolute atomic E-state index is 12.9. The highest BCUT2D eigenvalue weighted by molar-refractivity contribution is 5.23. The zero-order chi connectivity index (χ0) is 11.4. The van der Waals surface area contributed by atoms with E-state index >= 15 is 0 Å². The van der Waals surface area contributed by atoms with Crippen LogP contribution in [0.5, 0.6) is 11.6 Å². The summed E-state index contributed by atoms with van der Waals surface area (Å²) in [5.74, 6) is -1.25. The minimum absolute atomic E-state index is 0.152. The third kappa shape index (κ3) is 2.48. The molecule has 0 aliphatic heterocycles. The third-order valence-corrected chi connectivity index (χ3v) is 2.03. The lowest BCUT2D eigenvalue weighted by Crippen LogP contribution is -1.97. The average molecular weight is 219 g/mol. The van der Waals surface area contributed by atoms with Crippen LogP contribution in [-0.4, -0.2) is 10.1 Å². The molecule has 1 aromatic heterocycles. The molecule has 0 fully saturated rings. The number of rotatable bonds is 3. The first-order chi connectivity index (χ1) is 7.75. The molecule has 2 rings (SSSR count). The van der Waals surface area contributed by atoms with Gasteiger partial charge in [0.05, 0.1) is 0 Å². The third-order valence-electron chi connectivity index (χ3n) is 2.03. The molecule has 0 bridgehead atoms.